The fraction of sp³-hybridized carbons (Fsp3) is 0.583. The van der Waals surface area contributed by atoms with Gasteiger partial charge in [-0.25, -0.2) is 8.78 Å². The Morgan fingerprint density at radius 3 is 2.48 bits per heavy atom. The van der Waals surface area contributed by atoms with E-state index < -0.39 is 6.43 Å². The number of amides is 1. The third-order valence-electron chi connectivity index (χ3n) is 5.76. The largest absolute Gasteiger partial charge is 0.497 e. The molecule has 1 saturated heterocycles. The number of nitrogens with zero attached hydrogens (tertiary/aromatic N) is 4. The highest BCUT2D eigenvalue weighted by Gasteiger charge is 2.27. The van der Waals surface area contributed by atoms with Crippen LogP contribution in [0, 0.1) is 0 Å². The molecule has 0 radical (unpaired) electrons. The molecule has 2 aliphatic rings. The minimum absolute atomic E-state index is 0.0522. The average Bonchev–Trinajstić information content (AvgIpc) is 2.96. The number of rotatable bonds is 9. The molecule has 33 heavy (non-hydrogen) atoms. The van der Waals surface area contributed by atoms with Crippen LogP contribution in [0.5, 0.6) is 0 Å². The van der Waals surface area contributed by atoms with Crippen LogP contribution in [0.25, 0.3) is 0 Å². The first-order valence-electron chi connectivity index (χ1n) is 11.3. The third kappa shape index (κ3) is 7.78. The topological polar surface area (TPSA) is 48.4 Å². The quantitative estimate of drug-likeness (QED) is 0.315. The summed E-state index contributed by atoms with van der Waals surface area (Å²) in [7, 11) is 1.68. The van der Waals surface area contributed by atoms with E-state index in [1.165, 1.54) is 11.9 Å². The first-order chi connectivity index (χ1) is 15.7. The normalized spacial score (nSPS) is 20.8. The molecule has 6 nitrogen and oxygen atoms in total. The number of ether oxygens (including phenoxy) is 1. The van der Waals surface area contributed by atoms with Crippen molar-refractivity contribution >= 4 is 27.5 Å². The summed E-state index contributed by atoms with van der Waals surface area (Å²) in [6.45, 7) is 9.58. The highest BCUT2D eigenvalue weighted by Crippen LogP contribution is 2.27. The standard InChI is InChI=1S/C24H35BrF2N4O2/c1-6-8-17(3)31(28-18(4)24(26)27)16-23(32)30-11-9-29(10-12-30)21-14-20(25)13-19(7-2)22(15-21)33-5/h8,13-15,21,24H,6-7,9-12,16H2,1-5H3/b17-8+,28-18+. The molecule has 2 rings (SSSR count). The van der Waals surface area contributed by atoms with Crippen LogP contribution in [0.4, 0.5) is 8.78 Å². The van der Waals surface area contributed by atoms with E-state index in [-0.39, 0.29) is 24.2 Å². The lowest BCUT2D eigenvalue weighted by molar-refractivity contribution is -0.133. The molecule has 1 heterocycles. The molecule has 0 bridgehead atoms. The molecule has 1 atom stereocenters. The van der Waals surface area contributed by atoms with E-state index in [2.05, 4.69) is 51.1 Å². The summed E-state index contributed by atoms with van der Waals surface area (Å²) in [4.78, 5) is 17.0. The van der Waals surface area contributed by atoms with Crippen molar-refractivity contribution in [2.45, 2.75) is 53.0 Å². The lowest BCUT2D eigenvalue weighted by atomic mass is 10.1. The monoisotopic (exact) mass is 528 g/mol. The van der Waals surface area contributed by atoms with Crippen LogP contribution in [0.1, 0.15) is 40.5 Å². The van der Waals surface area contributed by atoms with Crippen molar-refractivity contribution in [1.82, 2.24) is 14.8 Å². The molecule has 0 spiro atoms. The number of halogens is 3. The fourth-order valence-electron chi connectivity index (χ4n) is 3.82. The van der Waals surface area contributed by atoms with E-state index in [9.17, 15) is 13.6 Å². The number of allylic oxidation sites excluding steroid dienone is 5. The van der Waals surface area contributed by atoms with Crippen LogP contribution in [0.3, 0.4) is 0 Å². The molecule has 1 aliphatic carbocycles. The molecule has 0 aromatic carbocycles. The van der Waals surface area contributed by atoms with Gasteiger partial charge in [0.15, 0.2) is 0 Å². The second-order valence-electron chi connectivity index (χ2n) is 8.07. The minimum Gasteiger partial charge on any atom is -0.497 e. The predicted molar refractivity (Wildman–Crippen MR) is 132 cm³/mol. The summed E-state index contributed by atoms with van der Waals surface area (Å²) in [6.07, 6.45) is 7.16. The van der Waals surface area contributed by atoms with E-state index in [4.69, 9.17) is 4.74 Å². The van der Waals surface area contributed by atoms with Gasteiger partial charge in [0.05, 0.1) is 13.2 Å². The van der Waals surface area contributed by atoms with E-state index in [0.29, 0.717) is 31.9 Å². The number of alkyl halides is 2. The van der Waals surface area contributed by atoms with Crippen molar-refractivity contribution in [1.29, 1.82) is 0 Å². The Hall–Kier alpha value is -2.00. The molecule has 184 valence electrons. The lowest BCUT2D eigenvalue weighted by Crippen LogP contribution is -2.52. The number of methoxy groups -OCH3 is 1. The number of hydrazone groups is 1. The first-order valence-corrected chi connectivity index (χ1v) is 12.1. The molecule has 1 unspecified atom stereocenters. The molecule has 0 aromatic rings. The van der Waals surface area contributed by atoms with Crippen LogP contribution in [0.2, 0.25) is 0 Å². The number of hydrogen-bond acceptors (Lipinski definition) is 5. The smallest absolute Gasteiger partial charge is 0.278 e. The Morgan fingerprint density at radius 2 is 1.94 bits per heavy atom. The zero-order valence-electron chi connectivity index (χ0n) is 20.2. The molecule has 0 saturated carbocycles. The van der Waals surface area contributed by atoms with Crippen molar-refractivity contribution in [3.05, 3.63) is 45.8 Å². The maximum atomic E-state index is 13.0. The van der Waals surface area contributed by atoms with Gasteiger partial charge in [-0.2, -0.15) is 5.10 Å². The number of carbonyl (C=O) groups excluding carboxylic acids is 1. The summed E-state index contributed by atoms with van der Waals surface area (Å²) < 4.78 is 32.6. The molecule has 9 heteroatoms. The van der Waals surface area contributed by atoms with Crippen LogP contribution in [0.15, 0.2) is 50.9 Å². The van der Waals surface area contributed by atoms with Gasteiger partial charge in [-0.15, -0.1) is 0 Å². The van der Waals surface area contributed by atoms with Gasteiger partial charge in [-0.05, 0) is 50.5 Å². The van der Waals surface area contributed by atoms with Crippen LogP contribution in [-0.2, 0) is 9.53 Å². The average molecular weight is 529 g/mol. The second kappa shape index (κ2) is 13.0. The first kappa shape index (κ1) is 27.2. The summed E-state index contributed by atoms with van der Waals surface area (Å²) in [6, 6.07) is 0.0522. The van der Waals surface area contributed by atoms with E-state index in [0.717, 1.165) is 28.7 Å². The minimum atomic E-state index is -2.65. The molecule has 1 fully saturated rings. The van der Waals surface area contributed by atoms with Gasteiger partial charge in [-0.1, -0.05) is 35.9 Å². The molecule has 1 aliphatic heterocycles. The van der Waals surface area contributed by atoms with Crippen molar-refractivity contribution in [3.8, 4) is 0 Å². The van der Waals surface area contributed by atoms with Crippen molar-refractivity contribution in [2.24, 2.45) is 5.10 Å². The maximum absolute atomic E-state index is 13.0. The maximum Gasteiger partial charge on any atom is 0.278 e. The highest BCUT2D eigenvalue weighted by atomic mass is 79.9. The zero-order chi connectivity index (χ0) is 24.5. The van der Waals surface area contributed by atoms with Crippen LogP contribution in [-0.4, -0.2) is 78.7 Å². The highest BCUT2D eigenvalue weighted by molar-refractivity contribution is 9.11. The molecular weight excluding hydrogens is 494 g/mol. The SMILES string of the molecule is CC/C=C(\C)N(CC(=O)N1CCN(C2C=C(Br)C=C(CC)C(OC)=C2)CC1)/N=C(\C)C(F)F. The van der Waals surface area contributed by atoms with Gasteiger partial charge in [0, 0.05) is 36.4 Å². The number of hydrogen-bond donors (Lipinski definition) is 0. The third-order valence-corrected chi connectivity index (χ3v) is 6.25. The van der Waals surface area contributed by atoms with Crippen molar-refractivity contribution in [2.75, 3.05) is 39.8 Å². The Kier molecular flexibility index (Phi) is 10.8. The Balaban J connectivity index is 2.06. The van der Waals surface area contributed by atoms with Gasteiger partial charge in [-0.3, -0.25) is 14.7 Å². The zero-order valence-corrected chi connectivity index (χ0v) is 21.7. The Bertz CT molecular complexity index is 843. The number of piperazine rings is 1. The van der Waals surface area contributed by atoms with Crippen molar-refractivity contribution in [3.63, 3.8) is 0 Å². The summed E-state index contributed by atoms with van der Waals surface area (Å²) in [5, 5.41) is 5.39. The van der Waals surface area contributed by atoms with Crippen LogP contribution < -0.4 is 0 Å². The fourth-order valence-corrected chi connectivity index (χ4v) is 4.36. The molecule has 1 amide bonds. The van der Waals surface area contributed by atoms with Gasteiger partial charge >= 0.3 is 0 Å². The summed E-state index contributed by atoms with van der Waals surface area (Å²) in [5.41, 5.74) is 1.52. The molecule has 0 aromatic heterocycles. The van der Waals surface area contributed by atoms with Gasteiger partial charge in [0.25, 0.3) is 6.43 Å². The van der Waals surface area contributed by atoms with Crippen LogP contribution >= 0.6 is 15.9 Å². The van der Waals surface area contributed by atoms with E-state index >= 15 is 0 Å². The number of carbonyl (C=O) groups is 1. The predicted octanol–water partition coefficient (Wildman–Crippen LogP) is 4.92. The Morgan fingerprint density at radius 1 is 1.27 bits per heavy atom. The van der Waals surface area contributed by atoms with E-state index in [1.54, 1.807) is 18.9 Å². The summed E-state index contributed by atoms with van der Waals surface area (Å²) >= 11 is 3.63. The molecular formula is C24H35BrF2N4O2. The van der Waals surface area contributed by atoms with Gasteiger partial charge in [0.1, 0.15) is 18.0 Å². The lowest BCUT2D eigenvalue weighted by Gasteiger charge is -2.38. The van der Waals surface area contributed by atoms with Gasteiger partial charge in [0.2, 0.25) is 5.91 Å². The molecule has 0 N–H and O–H groups in total. The van der Waals surface area contributed by atoms with Crippen molar-refractivity contribution < 1.29 is 18.3 Å². The summed E-state index contributed by atoms with van der Waals surface area (Å²) in [5.74, 6) is 0.748. The van der Waals surface area contributed by atoms with Gasteiger partial charge < -0.3 is 9.64 Å². The Labute approximate surface area is 204 Å². The van der Waals surface area contributed by atoms with E-state index in [1.807, 2.05) is 13.0 Å². The second-order valence-corrected chi connectivity index (χ2v) is 8.99.